The number of hydrogen-bond donors (Lipinski definition) is 1. The van der Waals surface area contributed by atoms with Crippen LogP contribution in [0.3, 0.4) is 0 Å². The van der Waals surface area contributed by atoms with E-state index < -0.39 is 11.7 Å². The average Bonchev–Trinajstić information content (AvgIpc) is 2.30. The molecule has 1 heterocycles. The smallest absolute Gasteiger partial charge is 0.412 e. The van der Waals surface area contributed by atoms with Crippen LogP contribution in [0.2, 0.25) is 0 Å². The molecule has 1 N–H and O–H groups in total. The van der Waals surface area contributed by atoms with Crippen LogP contribution < -0.4 is 5.32 Å². The van der Waals surface area contributed by atoms with E-state index in [0.717, 1.165) is 5.01 Å². The fraction of sp³-hybridized carbons (Fsp3) is 0.556. The predicted molar refractivity (Wildman–Crippen MR) is 56.7 cm³/mol. The van der Waals surface area contributed by atoms with Crippen LogP contribution in [0.5, 0.6) is 0 Å². The van der Waals surface area contributed by atoms with Crippen LogP contribution in [-0.4, -0.2) is 16.7 Å². The van der Waals surface area contributed by atoms with E-state index in [1.165, 1.54) is 11.3 Å². The average molecular weight is 214 g/mol. The number of nitrogens with zero attached hydrogens (tertiary/aromatic N) is 1. The zero-order valence-corrected chi connectivity index (χ0v) is 9.57. The molecule has 1 aromatic heterocycles. The van der Waals surface area contributed by atoms with Crippen LogP contribution in [0.25, 0.3) is 0 Å². The van der Waals surface area contributed by atoms with E-state index in [-0.39, 0.29) is 0 Å². The Hall–Kier alpha value is -1.10. The third-order valence-corrected chi connectivity index (χ3v) is 2.07. The zero-order valence-electron chi connectivity index (χ0n) is 8.75. The van der Waals surface area contributed by atoms with Crippen LogP contribution in [0.4, 0.5) is 9.80 Å². The predicted octanol–water partition coefficient (Wildman–Crippen LogP) is 2.80. The molecular formula is C9H14N2O2S. The molecule has 0 fully saturated rings. The van der Waals surface area contributed by atoms with E-state index >= 15 is 0 Å². The summed E-state index contributed by atoms with van der Waals surface area (Å²) in [6, 6.07) is 0. The minimum atomic E-state index is -0.468. The maximum absolute atomic E-state index is 11.3. The van der Waals surface area contributed by atoms with Crippen LogP contribution in [0.1, 0.15) is 25.8 Å². The monoisotopic (exact) mass is 214 g/mol. The highest BCUT2D eigenvalue weighted by atomic mass is 32.1. The summed E-state index contributed by atoms with van der Waals surface area (Å²) in [6.45, 7) is 7.35. The molecule has 0 aliphatic heterocycles. The van der Waals surface area contributed by atoms with Gasteiger partial charge in [0.2, 0.25) is 0 Å². The lowest BCUT2D eigenvalue weighted by Gasteiger charge is -2.19. The van der Waals surface area contributed by atoms with Crippen LogP contribution >= 0.6 is 11.3 Å². The Morgan fingerprint density at radius 2 is 2.21 bits per heavy atom. The molecule has 5 heteroatoms. The number of thiazole rings is 1. The number of aryl methyl sites for hydroxylation is 1. The van der Waals surface area contributed by atoms with Crippen LogP contribution in [-0.2, 0) is 4.74 Å². The summed E-state index contributed by atoms with van der Waals surface area (Å²) in [6.07, 6.45) is 1.17. The van der Waals surface area contributed by atoms with Crippen molar-refractivity contribution < 1.29 is 9.53 Å². The third kappa shape index (κ3) is 3.74. The molecule has 1 amide bonds. The first-order valence-corrected chi connectivity index (χ1v) is 5.11. The van der Waals surface area contributed by atoms with Crippen molar-refractivity contribution in [3.05, 3.63) is 11.2 Å². The number of hydrogen-bond acceptors (Lipinski definition) is 4. The first-order chi connectivity index (χ1) is 6.37. The summed E-state index contributed by atoms with van der Waals surface area (Å²) in [7, 11) is 0. The van der Waals surface area contributed by atoms with E-state index in [2.05, 4.69) is 10.3 Å². The highest BCUT2D eigenvalue weighted by molar-refractivity contribution is 7.15. The Morgan fingerprint density at radius 1 is 1.57 bits per heavy atom. The largest absolute Gasteiger partial charge is 0.444 e. The van der Waals surface area contributed by atoms with Gasteiger partial charge in [0.25, 0.3) is 0 Å². The third-order valence-electron chi connectivity index (χ3n) is 1.25. The van der Waals surface area contributed by atoms with Gasteiger partial charge in [-0.2, -0.15) is 0 Å². The number of aromatic nitrogens is 1. The van der Waals surface area contributed by atoms with Crippen molar-refractivity contribution in [2.45, 2.75) is 33.3 Å². The number of ether oxygens (including phenoxy) is 1. The van der Waals surface area contributed by atoms with Crippen molar-refractivity contribution in [3.8, 4) is 0 Å². The van der Waals surface area contributed by atoms with Crippen molar-refractivity contribution in [1.29, 1.82) is 0 Å². The quantitative estimate of drug-likeness (QED) is 0.782. The SMILES string of the molecule is Cc1ncc(NC(=O)OC(C)(C)C)s1. The van der Waals surface area contributed by atoms with Gasteiger partial charge in [0, 0.05) is 0 Å². The maximum Gasteiger partial charge on any atom is 0.412 e. The number of anilines is 1. The summed E-state index contributed by atoms with van der Waals surface area (Å²) in [5, 5.41) is 4.23. The molecular weight excluding hydrogens is 200 g/mol. The molecule has 0 aromatic carbocycles. The topological polar surface area (TPSA) is 51.2 Å². The molecule has 0 radical (unpaired) electrons. The standard InChI is InChI=1S/C9H14N2O2S/c1-6-10-5-7(14-6)11-8(12)13-9(2,3)4/h5H,1-4H3,(H,11,12). The Balaban J connectivity index is 2.50. The van der Waals surface area contributed by atoms with Crippen molar-refractivity contribution in [1.82, 2.24) is 4.98 Å². The summed E-state index contributed by atoms with van der Waals surface area (Å²) < 4.78 is 5.08. The van der Waals surface area contributed by atoms with Crippen LogP contribution in [0.15, 0.2) is 6.20 Å². The van der Waals surface area contributed by atoms with Gasteiger partial charge in [-0.3, -0.25) is 5.32 Å². The number of amides is 1. The second kappa shape index (κ2) is 3.96. The Labute approximate surface area is 87.3 Å². The molecule has 0 aliphatic rings. The molecule has 1 aromatic rings. The lowest BCUT2D eigenvalue weighted by atomic mass is 10.2. The fourth-order valence-corrected chi connectivity index (χ4v) is 1.49. The van der Waals surface area contributed by atoms with E-state index in [9.17, 15) is 4.79 Å². The normalized spacial score (nSPS) is 11.1. The van der Waals surface area contributed by atoms with Crippen LogP contribution in [0, 0.1) is 6.92 Å². The Bertz CT molecular complexity index is 328. The maximum atomic E-state index is 11.3. The summed E-state index contributed by atoms with van der Waals surface area (Å²) >= 11 is 1.42. The highest BCUT2D eigenvalue weighted by Crippen LogP contribution is 2.18. The van der Waals surface area contributed by atoms with Gasteiger partial charge >= 0.3 is 6.09 Å². The first kappa shape index (κ1) is 11.0. The minimum absolute atomic E-state index is 0.443. The molecule has 0 atom stereocenters. The van der Waals surface area contributed by atoms with E-state index in [4.69, 9.17) is 4.74 Å². The molecule has 0 bridgehead atoms. The van der Waals surface area contributed by atoms with Gasteiger partial charge in [-0.1, -0.05) is 0 Å². The van der Waals surface area contributed by atoms with E-state index in [1.54, 1.807) is 6.20 Å². The Morgan fingerprint density at radius 3 is 2.64 bits per heavy atom. The molecule has 0 unspecified atom stereocenters. The molecule has 0 spiro atoms. The molecule has 0 saturated heterocycles. The number of carbonyl (C=O) groups is 1. The second-order valence-corrected chi connectivity index (χ2v) is 5.11. The zero-order chi connectivity index (χ0) is 10.8. The lowest BCUT2D eigenvalue weighted by molar-refractivity contribution is 0.0636. The first-order valence-electron chi connectivity index (χ1n) is 4.29. The molecule has 4 nitrogen and oxygen atoms in total. The van der Waals surface area contributed by atoms with Gasteiger partial charge in [-0.25, -0.2) is 9.78 Å². The van der Waals surface area contributed by atoms with E-state index in [0.29, 0.717) is 5.00 Å². The van der Waals surface area contributed by atoms with E-state index in [1.807, 2.05) is 27.7 Å². The van der Waals surface area contributed by atoms with Crippen molar-refractivity contribution in [3.63, 3.8) is 0 Å². The summed E-state index contributed by atoms with van der Waals surface area (Å²) in [5.41, 5.74) is -0.468. The van der Waals surface area contributed by atoms with Gasteiger partial charge in [-0.15, -0.1) is 11.3 Å². The van der Waals surface area contributed by atoms with Crippen molar-refractivity contribution in [2.24, 2.45) is 0 Å². The fourth-order valence-electron chi connectivity index (χ4n) is 0.823. The van der Waals surface area contributed by atoms with Gasteiger partial charge in [-0.05, 0) is 27.7 Å². The molecule has 0 saturated carbocycles. The van der Waals surface area contributed by atoms with Gasteiger partial charge in [0.1, 0.15) is 10.6 Å². The summed E-state index contributed by atoms with van der Waals surface area (Å²) in [4.78, 5) is 15.3. The number of carbonyl (C=O) groups excluding carboxylic acids is 1. The highest BCUT2D eigenvalue weighted by Gasteiger charge is 2.16. The molecule has 1 rings (SSSR count). The lowest BCUT2D eigenvalue weighted by Crippen LogP contribution is -2.26. The molecule has 14 heavy (non-hydrogen) atoms. The van der Waals surface area contributed by atoms with Gasteiger partial charge in [0.15, 0.2) is 0 Å². The Kier molecular flexibility index (Phi) is 3.10. The van der Waals surface area contributed by atoms with Crippen molar-refractivity contribution >= 4 is 22.4 Å². The number of rotatable bonds is 1. The van der Waals surface area contributed by atoms with Crippen molar-refractivity contribution in [2.75, 3.05) is 5.32 Å². The van der Waals surface area contributed by atoms with Gasteiger partial charge < -0.3 is 4.74 Å². The van der Waals surface area contributed by atoms with Gasteiger partial charge in [0.05, 0.1) is 11.2 Å². The molecule has 0 aliphatic carbocycles. The summed E-state index contributed by atoms with van der Waals surface area (Å²) in [5.74, 6) is 0. The minimum Gasteiger partial charge on any atom is -0.444 e. The second-order valence-electron chi connectivity index (χ2n) is 3.87. The number of nitrogens with one attached hydrogen (secondary N) is 1. The molecule has 78 valence electrons.